The van der Waals surface area contributed by atoms with E-state index in [9.17, 15) is 4.79 Å². The SMILES string of the molecule is CNC(C)CNC(=O)C1(c2ccc(OC)cc2)CCC1. The molecule has 0 heterocycles. The zero-order chi connectivity index (χ0) is 14.6. The molecule has 0 saturated heterocycles. The Morgan fingerprint density at radius 1 is 1.35 bits per heavy atom. The van der Waals surface area contributed by atoms with E-state index in [1.54, 1.807) is 7.11 Å². The van der Waals surface area contributed by atoms with Crippen LogP contribution < -0.4 is 15.4 Å². The van der Waals surface area contributed by atoms with Gasteiger partial charge in [-0.3, -0.25) is 4.79 Å². The molecule has 0 bridgehead atoms. The first-order valence-corrected chi connectivity index (χ1v) is 7.22. The molecular weight excluding hydrogens is 252 g/mol. The summed E-state index contributed by atoms with van der Waals surface area (Å²) in [4.78, 5) is 12.6. The van der Waals surface area contributed by atoms with Crippen LogP contribution in [0.4, 0.5) is 0 Å². The van der Waals surface area contributed by atoms with Gasteiger partial charge >= 0.3 is 0 Å². The second kappa shape index (κ2) is 6.27. The van der Waals surface area contributed by atoms with Gasteiger partial charge in [-0.05, 0) is 44.5 Å². The first-order chi connectivity index (χ1) is 9.62. The third-order valence-electron chi connectivity index (χ3n) is 4.35. The van der Waals surface area contributed by atoms with Crippen molar-refractivity contribution in [3.63, 3.8) is 0 Å². The number of carbonyl (C=O) groups is 1. The monoisotopic (exact) mass is 276 g/mol. The third-order valence-corrected chi connectivity index (χ3v) is 4.35. The van der Waals surface area contributed by atoms with Crippen LogP contribution in [0.1, 0.15) is 31.7 Å². The number of hydrogen-bond acceptors (Lipinski definition) is 3. The van der Waals surface area contributed by atoms with Gasteiger partial charge in [-0.25, -0.2) is 0 Å². The van der Waals surface area contributed by atoms with Crippen molar-refractivity contribution in [3.8, 4) is 5.75 Å². The number of rotatable bonds is 6. The molecule has 0 radical (unpaired) electrons. The summed E-state index contributed by atoms with van der Waals surface area (Å²) in [5, 5.41) is 6.20. The minimum atomic E-state index is -0.334. The zero-order valence-corrected chi connectivity index (χ0v) is 12.5. The molecule has 1 atom stereocenters. The van der Waals surface area contributed by atoms with E-state index in [1.165, 1.54) is 0 Å². The van der Waals surface area contributed by atoms with E-state index in [0.29, 0.717) is 6.54 Å². The summed E-state index contributed by atoms with van der Waals surface area (Å²) in [6.07, 6.45) is 2.97. The molecule has 1 aliphatic rings. The number of methoxy groups -OCH3 is 1. The van der Waals surface area contributed by atoms with Crippen LogP contribution in [0.2, 0.25) is 0 Å². The maximum atomic E-state index is 12.6. The summed E-state index contributed by atoms with van der Waals surface area (Å²) >= 11 is 0. The number of amides is 1. The molecule has 0 aliphatic heterocycles. The summed E-state index contributed by atoms with van der Waals surface area (Å²) < 4.78 is 5.18. The highest BCUT2D eigenvalue weighted by Crippen LogP contribution is 2.44. The molecule has 1 aromatic carbocycles. The third kappa shape index (κ3) is 2.80. The van der Waals surface area contributed by atoms with Crippen LogP contribution in [0.25, 0.3) is 0 Å². The van der Waals surface area contributed by atoms with Crippen molar-refractivity contribution in [3.05, 3.63) is 29.8 Å². The van der Waals surface area contributed by atoms with E-state index in [1.807, 2.05) is 31.3 Å². The van der Waals surface area contributed by atoms with E-state index < -0.39 is 0 Å². The normalized spacial score (nSPS) is 17.9. The average molecular weight is 276 g/mol. The fourth-order valence-corrected chi connectivity index (χ4v) is 2.60. The van der Waals surface area contributed by atoms with Gasteiger partial charge in [0.1, 0.15) is 5.75 Å². The second-order valence-corrected chi connectivity index (χ2v) is 5.56. The molecule has 1 aliphatic carbocycles. The Bertz CT molecular complexity index is 452. The molecule has 4 nitrogen and oxygen atoms in total. The molecule has 20 heavy (non-hydrogen) atoms. The maximum absolute atomic E-state index is 12.6. The number of benzene rings is 1. The molecule has 1 saturated carbocycles. The van der Waals surface area contributed by atoms with Crippen molar-refractivity contribution in [2.45, 2.75) is 37.6 Å². The topological polar surface area (TPSA) is 50.4 Å². The van der Waals surface area contributed by atoms with Gasteiger partial charge in [-0.1, -0.05) is 18.6 Å². The molecule has 1 unspecified atom stereocenters. The predicted octanol–water partition coefficient (Wildman–Crippen LogP) is 1.84. The molecule has 2 N–H and O–H groups in total. The van der Waals surface area contributed by atoms with Crippen LogP contribution in [-0.2, 0) is 10.2 Å². The van der Waals surface area contributed by atoms with Gasteiger partial charge in [-0.2, -0.15) is 0 Å². The van der Waals surface area contributed by atoms with E-state index in [0.717, 1.165) is 30.6 Å². The fourth-order valence-electron chi connectivity index (χ4n) is 2.60. The molecule has 1 fully saturated rings. The molecule has 0 aromatic heterocycles. The van der Waals surface area contributed by atoms with Gasteiger partial charge in [0, 0.05) is 12.6 Å². The lowest BCUT2D eigenvalue weighted by molar-refractivity contribution is -0.130. The minimum Gasteiger partial charge on any atom is -0.497 e. The Morgan fingerprint density at radius 3 is 2.45 bits per heavy atom. The predicted molar refractivity (Wildman–Crippen MR) is 80.1 cm³/mol. The molecule has 1 amide bonds. The first-order valence-electron chi connectivity index (χ1n) is 7.22. The Morgan fingerprint density at radius 2 is 2.00 bits per heavy atom. The average Bonchev–Trinajstić information content (AvgIpc) is 2.44. The van der Waals surface area contributed by atoms with E-state index >= 15 is 0 Å². The highest BCUT2D eigenvalue weighted by atomic mass is 16.5. The fraction of sp³-hybridized carbons (Fsp3) is 0.562. The summed E-state index contributed by atoms with van der Waals surface area (Å²) in [6.45, 7) is 2.72. The summed E-state index contributed by atoms with van der Waals surface area (Å²) in [5.41, 5.74) is 0.763. The van der Waals surface area contributed by atoms with E-state index in [2.05, 4.69) is 17.6 Å². The Balaban J connectivity index is 2.09. The lowest BCUT2D eigenvalue weighted by atomic mass is 9.64. The van der Waals surface area contributed by atoms with Gasteiger partial charge < -0.3 is 15.4 Å². The Hall–Kier alpha value is -1.55. The maximum Gasteiger partial charge on any atom is 0.230 e. The number of carbonyl (C=O) groups excluding carboxylic acids is 1. The summed E-state index contributed by atoms with van der Waals surface area (Å²) in [7, 11) is 3.55. The number of nitrogens with one attached hydrogen (secondary N) is 2. The number of likely N-dealkylation sites (N-methyl/N-ethyl adjacent to an activating group) is 1. The lowest BCUT2D eigenvalue weighted by Crippen LogP contribution is -2.51. The highest BCUT2D eigenvalue weighted by Gasteiger charge is 2.45. The Labute approximate surface area is 120 Å². The van der Waals surface area contributed by atoms with Gasteiger partial charge in [0.25, 0.3) is 0 Å². The smallest absolute Gasteiger partial charge is 0.230 e. The summed E-state index contributed by atoms with van der Waals surface area (Å²) in [6, 6.07) is 8.17. The molecule has 4 heteroatoms. The largest absolute Gasteiger partial charge is 0.497 e. The van der Waals surface area contributed by atoms with Crippen LogP contribution >= 0.6 is 0 Å². The molecular formula is C16H24N2O2. The lowest BCUT2D eigenvalue weighted by Gasteiger charge is -2.41. The van der Waals surface area contributed by atoms with Gasteiger partial charge in [-0.15, -0.1) is 0 Å². The molecule has 0 spiro atoms. The number of hydrogen-bond donors (Lipinski definition) is 2. The standard InChI is InChI=1S/C16H24N2O2/c1-12(17-2)11-18-15(19)16(9-4-10-16)13-5-7-14(20-3)8-6-13/h5-8,12,17H,4,9-11H2,1-3H3,(H,18,19). The van der Waals surface area contributed by atoms with Crippen molar-refractivity contribution in [2.24, 2.45) is 0 Å². The minimum absolute atomic E-state index is 0.149. The van der Waals surface area contributed by atoms with Crippen molar-refractivity contribution in [2.75, 3.05) is 20.7 Å². The second-order valence-electron chi connectivity index (χ2n) is 5.56. The molecule has 2 rings (SSSR count). The number of ether oxygens (including phenoxy) is 1. The van der Waals surface area contributed by atoms with Crippen molar-refractivity contribution < 1.29 is 9.53 Å². The highest BCUT2D eigenvalue weighted by molar-refractivity contribution is 5.89. The van der Waals surface area contributed by atoms with Crippen LogP contribution in [0.5, 0.6) is 5.75 Å². The van der Waals surface area contributed by atoms with E-state index in [-0.39, 0.29) is 17.4 Å². The van der Waals surface area contributed by atoms with Crippen LogP contribution in [-0.4, -0.2) is 32.7 Å². The van der Waals surface area contributed by atoms with Gasteiger partial charge in [0.05, 0.1) is 12.5 Å². The van der Waals surface area contributed by atoms with Gasteiger partial charge in [0.15, 0.2) is 0 Å². The zero-order valence-electron chi connectivity index (χ0n) is 12.5. The van der Waals surface area contributed by atoms with E-state index in [4.69, 9.17) is 4.74 Å². The quantitative estimate of drug-likeness (QED) is 0.833. The van der Waals surface area contributed by atoms with Gasteiger partial charge in [0.2, 0.25) is 5.91 Å². The molecule has 110 valence electrons. The molecule has 1 aromatic rings. The summed E-state index contributed by atoms with van der Waals surface area (Å²) in [5.74, 6) is 0.975. The van der Waals surface area contributed by atoms with Crippen LogP contribution in [0, 0.1) is 0 Å². The van der Waals surface area contributed by atoms with Crippen molar-refractivity contribution in [1.82, 2.24) is 10.6 Å². The van der Waals surface area contributed by atoms with Crippen LogP contribution in [0.3, 0.4) is 0 Å². The van der Waals surface area contributed by atoms with Crippen molar-refractivity contribution >= 4 is 5.91 Å². The Kier molecular flexibility index (Phi) is 4.65. The first kappa shape index (κ1) is 14.9. The van der Waals surface area contributed by atoms with Crippen molar-refractivity contribution in [1.29, 1.82) is 0 Å². The van der Waals surface area contributed by atoms with Crippen LogP contribution in [0.15, 0.2) is 24.3 Å².